The van der Waals surface area contributed by atoms with Crippen molar-refractivity contribution < 1.29 is 4.79 Å². The Hall–Kier alpha value is -1.81. The third-order valence-electron chi connectivity index (χ3n) is 2.88. The Morgan fingerprint density at radius 2 is 2.00 bits per heavy atom. The van der Waals surface area contributed by atoms with Crippen molar-refractivity contribution in [1.29, 1.82) is 0 Å². The Morgan fingerprint density at radius 1 is 1.21 bits per heavy atom. The lowest BCUT2D eigenvalue weighted by molar-refractivity contribution is -0.120. The number of nitrogens with zero attached hydrogens (tertiary/aromatic N) is 1. The van der Waals surface area contributed by atoms with E-state index in [9.17, 15) is 4.79 Å². The van der Waals surface area contributed by atoms with Gasteiger partial charge in [0.2, 0.25) is 5.91 Å². The van der Waals surface area contributed by atoms with Gasteiger partial charge < -0.3 is 10.2 Å². The Labute approximate surface area is 117 Å². The van der Waals surface area contributed by atoms with Gasteiger partial charge in [0, 0.05) is 30.7 Å². The number of rotatable bonds is 6. The molecule has 0 saturated heterocycles. The molecule has 0 aliphatic heterocycles. The first kappa shape index (κ1) is 13.6. The molecular weight excluding hydrogens is 256 g/mol. The molecular formula is C15H18N2OS. The molecule has 100 valence electrons. The van der Waals surface area contributed by atoms with Gasteiger partial charge in [-0.1, -0.05) is 24.3 Å². The Morgan fingerprint density at radius 3 is 2.68 bits per heavy atom. The fourth-order valence-corrected chi connectivity index (χ4v) is 2.51. The number of hydrogen-bond donors (Lipinski definition) is 1. The molecule has 0 radical (unpaired) electrons. The highest BCUT2D eigenvalue weighted by molar-refractivity contribution is 7.10. The van der Waals surface area contributed by atoms with Gasteiger partial charge in [0.15, 0.2) is 0 Å². The van der Waals surface area contributed by atoms with Gasteiger partial charge in [-0.25, -0.2) is 0 Å². The van der Waals surface area contributed by atoms with E-state index in [0.717, 1.165) is 17.1 Å². The number of carbonyl (C=O) groups is 1. The molecule has 1 aromatic carbocycles. The maximum atomic E-state index is 11.7. The second-order valence-corrected chi connectivity index (χ2v) is 5.40. The third kappa shape index (κ3) is 4.41. The Bertz CT molecular complexity index is 496. The highest BCUT2D eigenvalue weighted by atomic mass is 32.1. The highest BCUT2D eigenvalue weighted by Crippen LogP contribution is 2.10. The molecule has 2 rings (SSSR count). The van der Waals surface area contributed by atoms with Crippen LogP contribution in [0.3, 0.4) is 0 Å². The van der Waals surface area contributed by atoms with Crippen LogP contribution in [0.15, 0.2) is 47.8 Å². The molecule has 0 spiro atoms. The second kappa shape index (κ2) is 6.95. The number of nitrogens with one attached hydrogen (secondary N) is 1. The Kier molecular flexibility index (Phi) is 4.98. The summed E-state index contributed by atoms with van der Waals surface area (Å²) in [7, 11) is 2.03. The van der Waals surface area contributed by atoms with Crippen LogP contribution in [-0.4, -0.2) is 26.0 Å². The number of carbonyl (C=O) groups excluding carboxylic acids is 1. The molecule has 0 saturated carbocycles. The topological polar surface area (TPSA) is 32.3 Å². The molecule has 1 amide bonds. The standard InChI is InChI=1S/C15H18N2OS/c1-17(13-6-3-2-4-7-13)10-9-16-15(18)12-14-8-5-11-19-14/h2-8,11H,9-10,12H2,1H3,(H,16,18). The molecule has 0 aliphatic rings. The maximum absolute atomic E-state index is 11.7. The summed E-state index contributed by atoms with van der Waals surface area (Å²) >= 11 is 1.62. The fraction of sp³-hybridized carbons (Fsp3) is 0.267. The van der Waals surface area contributed by atoms with Crippen molar-refractivity contribution in [1.82, 2.24) is 5.32 Å². The average molecular weight is 274 g/mol. The molecule has 4 heteroatoms. The minimum Gasteiger partial charge on any atom is -0.373 e. The van der Waals surface area contributed by atoms with E-state index in [4.69, 9.17) is 0 Å². The summed E-state index contributed by atoms with van der Waals surface area (Å²) in [6.07, 6.45) is 0.479. The van der Waals surface area contributed by atoms with Crippen LogP contribution >= 0.6 is 11.3 Å². The lowest BCUT2D eigenvalue weighted by atomic mass is 10.3. The predicted molar refractivity (Wildman–Crippen MR) is 80.7 cm³/mol. The molecule has 2 aromatic rings. The molecule has 0 fully saturated rings. The van der Waals surface area contributed by atoms with Crippen molar-refractivity contribution in [3.05, 3.63) is 52.7 Å². The summed E-state index contributed by atoms with van der Waals surface area (Å²) < 4.78 is 0. The fourth-order valence-electron chi connectivity index (χ4n) is 1.81. The average Bonchev–Trinajstić information content (AvgIpc) is 2.92. The van der Waals surface area contributed by atoms with Gasteiger partial charge in [-0.05, 0) is 23.6 Å². The SMILES string of the molecule is CN(CCNC(=O)Cc1cccs1)c1ccccc1. The van der Waals surface area contributed by atoms with Crippen LogP contribution < -0.4 is 10.2 Å². The van der Waals surface area contributed by atoms with E-state index in [1.54, 1.807) is 11.3 Å². The molecule has 0 atom stereocenters. The van der Waals surface area contributed by atoms with E-state index in [0.29, 0.717) is 13.0 Å². The van der Waals surface area contributed by atoms with Gasteiger partial charge in [-0.2, -0.15) is 0 Å². The summed E-state index contributed by atoms with van der Waals surface area (Å²) in [6.45, 7) is 1.47. The molecule has 1 heterocycles. The van der Waals surface area contributed by atoms with Crippen molar-refractivity contribution in [2.45, 2.75) is 6.42 Å². The van der Waals surface area contributed by atoms with Gasteiger partial charge in [0.1, 0.15) is 0 Å². The van der Waals surface area contributed by atoms with E-state index < -0.39 is 0 Å². The van der Waals surface area contributed by atoms with Gasteiger partial charge in [0.05, 0.1) is 6.42 Å². The zero-order chi connectivity index (χ0) is 13.5. The molecule has 1 aromatic heterocycles. The molecule has 1 N–H and O–H groups in total. The molecule has 0 aliphatic carbocycles. The number of likely N-dealkylation sites (N-methyl/N-ethyl adjacent to an activating group) is 1. The first-order chi connectivity index (χ1) is 9.25. The van der Waals surface area contributed by atoms with Crippen LogP contribution in [0.1, 0.15) is 4.88 Å². The summed E-state index contributed by atoms with van der Waals surface area (Å²) in [4.78, 5) is 14.9. The normalized spacial score (nSPS) is 10.2. The zero-order valence-corrected chi connectivity index (χ0v) is 11.8. The lowest BCUT2D eigenvalue weighted by Gasteiger charge is -2.19. The molecule has 19 heavy (non-hydrogen) atoms. The van der Waals surface area contributed by atoms with E-state index in [1.807, 2.05) is 42.8 Å². The monoisotopic (exact) mass is 274 g/mol. The summed E-state index contributed by atoms with van der Waals surface area (Å²) in [5.74, 6) is 0.0870. The number of para-hydroxylation sites is 1. The quantitative estimate of drug-likeness (QED) is 0.878. The summed E-state index contributed by atoms with van der Waals surface area (Å²) in [5.41, 5.74) is 1.16. The Balaban J connectivity index is 1.70. The summed E-state index contributed by atoms with van der Waals surface area (Å²) in [6, 6.07) is 14.1. The van der Waals surface area contributed by atoms with Gasteiger partial charge in [0.25, 0.3) is 0 Å². The number of anilines is 1. The minimum atomic E-state index is 0.0870. The number of hydrogen-bond acceptors (Lipinski definition) is 3. The molecule has 0 bridgehead atoms. The predicted octanol–water partition coefficient (Wildman–Crippen LogP) is 2.54. The maximum Gasteiger partial charge on any atom is 0.225 e. The zero-order valence-electron chi connectivity index (χ0n) is 11.0. The largest absolute Gasteiger partial charge is 0.373 e. The van der Waals surface area contributed by atoms with E-state index in [-0.39, 0.29) is 5.91 Å². The third-order valence-corrected chi connectivity index (χ3v) is 3.76. The molecule has 0 unspecified atom stereocenters. The summed E-state index contributed by atoms with van der Waals surface area (Å²) in [5, 5.41) is 4.94. The van der Waals surface area contributed by atoms with Crippen LogP contribution in [0.4, 0.5) is 5.69 Å². The van der Waals surface area contributed by atoms with Gasteiger partial charge >= 0.3 is 0 Å². The number of thiophene rings is 1. The van der Waals surface area contributed by atoms with Gasteiger partial charge in [-0.3, -0.25) is 4.79 Å². The van der Waals surface area contributed by atoms with E-state index in [1.165, 1.54) is 0 Å². The van der Waals surface area contributed by atoms with Crippen molar-refractivity contribution in [3.8, 4) is 0 Å². The molecule has 3 nitrogen and oxygen atoms in total. The lowest BCUT2D eigenvalue weighted by Crippen LogP contribution is -2.33. The number of benzene rings is 1. The van der Waals surface area contributed by atoms with Crippen LogP contribution in [-0.2, 0) is 11.2 Å². The van der Waals surface area contributed by atoms with Crippen LogP contribution in [0.2, 0.25) is 0 Å². The van der Waals surface area contributed by atoms with Gasteiger partial charge in [-0.15, -0.1) is 11.3 Å². The van der Waals surface area contributed by atoms with E-state index >= 15 is 0 Å². The van der Waals surface area contributed by atoms with Crippen LogP contribution in [0, 0.1) is 0 Å². The van der Waals surface area contributed by atoms with Crippen LogP contribution in [0.25, 0.3) is 0 Å². The highest BCUT2D eigenvalue weighted by Gasteiger charge is 2.04. The number of amides is 1. The van der Waals surface area contributed by atoms with Crippen molar-refractivity contribution in [2.75, 3.05) is 25.0 Å². The first-order valence-corrected chi connectivity index (χ1v) is 7.19. The second-order valence-electron chi connectivity index (χ2n) is 4.36. The smallest absolute Gasteiger partial charge is 0.225 e. The first-order valence-electron chi connectivity index (χ1n) is 6.31. The van der Waals surface area contributed by atoms with E-state index in [2.05, 4.69) is 22.3 Å². The van der Waals surface area contributed by atoms with Crippen molar-refractivity contribution in [2.24, 2.45) is 0 Å². The van der Waals surface area contributed by atoms with Crippen molar-refractivity contribution >= 4 is 22.9 Å². The van der Waals surface area contributed by atoms with Crippen molar-refractivity contribution in [3.63, 3.8) is 0 Å². The van der Waals surface area contributed by atoms with Crippen LogP contribution in [0.5, 0.6) is 0 Å². The minimum absolute atomic E-state index is 0.0870.